The fraction of sp³-hybridized carbons (Fsp3) is 0.217. The number of hydrogen-bond donors (Lipinski definition) is 1. The molecule has 32 heavy (non-hydrogen) atoms. The monoisotopic (exact) mass is 456 g/mol. The number of nitrogens with one attached hydrogen (secondary N) is 1. The number of anilines is 1. The van der Waals surface area contributed by atoms with Gasteiger partial charge in [-0.2, -0.15) is 5.10 Å². The number of hydrazone groups is 1. The number of halogens is 1. The topological polar surface area (TPSA) is 83.8 Å². The molecule has 0 saturated carbocycles. The van der Waals surface area contributed by atoms with Crippen LogP contribution < -0.4 is 9.73 Å². The number of carbonyl (C=O) groups is 1. The molecule has 0 spiro atoms. The Morgan fingerprint density at radius 1 is 1.12 bits per heavy atom. The Morgan fingerprint density at radius 2 is 1.78 bits per heavy atom. The van der Waals surface area contributed by atoms with Crippen molar-refractivity contribution < 1.29 is 17.6 Å². The number of benzene rings is 2. The van der Waals surface area contributed by atoms with Crippen LogP contribution in [0.15, 0.2) is 59.7 Å². The molecule has 1 N–H and O–H groups in total. The molecule has 0 fully saturated rings. The number of hydrogen-bond acceptors (Lipinski definition) is 4. The van der Waals surface area contributed by atoms with Crippen molar-refractivity contribution in [2.24, 2.45) is 5.10 Å². The predicted molar refractivity (Wildman–Crippen MR) is 124 cm³/mol. The summed E-state index contributed by atoms with van der Waals surface area (Å²) in [6, 6.07) is 15.0. The molecule has 1 aromatic heterocycles. The summed E-state index contributed by atoms with van der Waals surface area (Å²) < 4.78 is 40.7. The number of carbonyl (C=O) groups excluding carboxylic acids is 1. The molecule has 1 amide bonds. The zero-order valence-electron chi connectivity index (χ0n) is 18.3. The zero-order valence-corrected chi connectivity index (χ0v) is 19.1. The third-order valence-electron chi connectivity index (χ3n) is 5.02. The highest BCUT2D eigenvalue weighted by Gasteiger charge is 2.22. The standard InChI is InChI=1S/C23H25FN4O3S/c1-16-7-5-6-8-22(16)27(32(4,30)31)15-23(29)26-25-14-19-13-17(2)28(18(19)3)21-11-9-20(24)10-12-21/h5-14H,15H2,1-4H3,(H,26,29)/b25-14+. The molecular weight excluding hydrogens is 431 g/mol. The van der Waals surface area contributed by atoms with Crippen molar-refractivity contribution >= 4 is 27.8 Å². The van der Waals surface area contributed by atoms with Crippen LogP contribution >= 0.6 is 0 Å². The van der Waals surface area contributed by atoms with E-state index in [4.69, 9.17) is 0 Å². The molecule has 0 atom stereocenters. The molecular formula is C23H25FN4O3S. The maximum absolute atomic E-state index is 13.2. The van der Waals surface area contributed by atoms with E-state index in [0.717, 1.165) is 38.8 Å². The molecule has 168 valence electrons. The van der Waals surface area contributed by atoms with Gasteiger partial charge in [0.1, 0.15) is 12.4 Å². The Balaban J connectivity index is 1.74. The quantitative estimate of drug-likeness (QED) is 0.437. The van der Waals surface area contributed by atoms with E-state index in [9.17, 15) is 17.6 Å². The number of rotatable bonds is 7. The molecule has 0 radical (unpaired) electrons. The minimum atomic E-state index is -3.66. The third-order valence-corrected chi connectivity index (χ3v) is 6.15. The van der Waals surface area contributed by atoms with E-state index in [2.05, 4.69) is 10.5 Å². The van der Waals surface area contributed by atoms with Crippen LogP contribution in [0.25, 0.3) is 5.69 Å². The molecule has 0 aliphatic rings. The first kappa shape index (κ1) is 23.2. The fourth-order valence-electron chi connectivity index (χ4n) is 3.47. The highest BCUT2D eigenvalue weighted by Crippen LogP contribution is 2.22. The lowest BCUT2D eigenvalue weighted by molar-refractivity contribution is -0.119. The first-order chi connectivity index (χ1) is 15.1. The summed E-state index contributed by atoms with van der Waals surface area (Å²) in [7, 11) is -3.66. The van der Waals surface area contributed by atoms with Crippen molar-refractivity contribution in [1.29, 1.82) is 0 Å². The maximum atomic E-state index is 13.2. The minimum Gasteiger partial charge on any atom is -0.318 e. The molecule has 0 aliphatic heterocycles. The Labute approximate surface area is 187 Å². The van der Waals surface area contributed by atoms with Crippen LogP contribution in [-0.2, 0) is 14.8 Å². The molecule has 0 unspecified atom stereocenters. The summed E-state index contributed by atoms with van der Waals surface area (Å²) in [5.41, 5.74) is 6.94. The maximum Gasteiger partial charge on any atom is 0.260 e. The van der Waals surface area contributed by atoms with Crippen LogP contribution in [0.2, 0.25) is 0 Å². The number of aromatic nitrogens is 1. The van der Waals surface area contributed by atoms with Crippen molar-refractivity contribution in [3.8, 4) is 5.69 Å². The van der Waals surface area contributed by atoms with Gasteiger partial charge in [-0.1, -0.05) is 18.2 Å². The lowest BCUT2D eigenvalue weighted by atomic mass is 10.2. The van der Waals surface area contributed by atoms with Crippen LogP contribution in [0.1, 0.15) is 22.5 Å². The minimum absolute atomic E-state index is 0.311. The van der Waals surface area contributed by atoms with E-state index in [1.54, 1.807) is 43.3 Å². The van der Waals surface area contributed by atoms with E-state index in [0.29, 0.717) is 5.69 Å². The van der Waals surface area contributed by atoms with Gasteiger partial charge in [0.05, 0.1) is 18.2 Å². The van der Waals surface area contributed by atoms with Gasteiger partial charge in [0.25, 0.3) is 5.91 Å². The molecule has 2 aromatic carbocycles. The zero-order chi connectivity index (χ0) is 23.5. The summed E-state index contributed by atoms with van der Waals surface area (Å²) in [4.78, 5) is 12.4. The number of amides is 1. The van der Waals surface area contributed by atoms with Crippen LogP contribution in [0, 0.1) is 26.6 Å². The van der Waals surface area contributed by atoms with Crippen molar-refractivity contribution in [1.82, 2.24) is 9.99 Å². The summed E-state index contributed by atoms with van der Waals surface area (Å²) in [6.07, 6.45) is 2.55. The molecule has 0 aliphatic carbocycles. The van der Waals surface area contributed by atoms with Crippen molar-refractivity contribution in [3.63, 3.8) is 0 Å². The average molecular weight is 457 g/mol. The molecule has 0 saturated heterocycles. The average Bonchev–Trinajstić information content (AvgIpc) is 3.00. The van der Waals surface area contributed by atoms with Crippen LogP contribution in [0.3, 0.4) is 0 Å². The van der Waals surface area contributed by atoms with Gasteiger partial charge in [0.15, 0.2) is 0 Å². The SMILES string of the molecule is Cc1ccccc1N(CC(=O)N/N=C/c1cc(C)n(-c2ccc(F)cc2)c1C)S(C)(=O)=O. The molecule has 3 aromatic rings. The number of nitrogens with zero attached hydrogens (tertiary/aromatic N) is 3. The van der Waals surface area contributed by atoms with Gasteiger partial charge in [-0.25, -0.2) is 18.2 Å². The van der Waals surface area contributed by atoms with Crippen LogP contribution in [0.4, 0.5) is 10.1 Å². The Bertz CT molecular complexity index is 1260. The second-order valence-corrected chi connectivity index (χ2v) is 9.39. The van der Waals surface area contributed by atoms with Gasteiger partial charge >= 0.3 is 0 Å². The first-order valence-electron chi connectivity index (χ1n) is 9.88. The number of sulfonamides is 1. The van der Waals surface area contributed by atoms with E-state index in [1.165, 1.54) is 18.3 Å². The van der Waals surface area contributed by atoms with Gasteiger partial charge in [0, 0.05) is 22.6 Å². The first-order valence-corrected chi connectivity index (χ1v) is 11.7. The fourth-order valence-corrected chi connectivity index (χ4v) is 4.38. The summed E-state index contributed by atoms with van der Waals surface area (Å²) in [5.74, 6) is -0.878. The van der Waals surface area contributed by atoms with E-state index in [-0.39, 0.29) is 5.82 Å². The lowest BCUT2D eigenvalue weighted by Crippen LogP contribution is -2.39. The van der Waals surface area contributed by atoms with Crippen molar-refractivity contribution in [3.05, 3.63) is 82.9 Å². The summed E-state index contributed by atoms with van der Waals surface area (Å²) >= 11 is 0. The largest absolute Gasteiger partial charge is 0.318 e. The predicted octanol–water partition coefficient (Wildman–Crippen LogP) is 3.46. The van der Waals surface area contributed by atoms with Gasteiger partial charge in [0.2, 0.25) is 10.0 Å². The number of para-hydroxylation sites is 1. The van der Waals surface area contributed by atoms with Crippen molar-refractivity contribution in [2.45, 2.75) is 20.8 Å². The van der Waals surface area contributed by atoms with Gasteiger partial charge in [-0.3, -0.25) is 9.10 Å². The third kappa shape index (κ3) is 5.23. The molecule has 1 heterocycles. The van der Waals surface area contributed by atoms with Crippen LogP contribution in [0.5, 0.6) is 0 Å². The normalized spacial score (nSPS) is 11.7. The summed E-state index contributed by atoms with van der Waals surface area (Å²) in [5, 5.41) is 4.00. The Kier molecular flexibility index (Phi) is 6.78. The van der Waals surface area contributed by atoms with Gasteiger partial charge in [-0.05, 0) is 62.7 Å². The molecule has 0 bridgehead atoms. The Hall–Kier alpha value is -3.46. The summed E-state index contributed by atoms with van der Waals surface area (Å²) in [6.45, 7) is 5.19. The molecule has 9 heteroatoms. The second kappa shape index (κ2) is 9.35. The van der Waals surface area contributed by atoms with E-state index < -0.39 is 22.5 Å². The van der Waals surface area contributed by atoms with Crippen LogP contribution in [-0.4, -0.2) is 37.9 Å². The highest BCUT2D eigenvalue weighted by molar-refractivity contribution is 7.92. The highest BCUT2D eigenvalue weighted by atomic mass is 32.2. The number of aryl methyl sites for hydroxylation is 2. The molecule has 3 rings (SSSR count). The Morgan fingerprint density at radius 3 is 2.41 bits per heavy atom. The molecule has 7 nitrogen and oxygen atoms in total. The van der Waals surface area contributed by atoms with E-state index in [1.807, 2.05) is 24.5 Å². The smallest absolute Gasteiger partial charge is 0.260 e. The van der Waals surface area contributed by atoms with E-state index >= 15 is 0 Å². The van der Waals surface area contributed by atoms with Crippen molar-refractivity contribution in [2.75, 3.05) is 17.1 Å². The van der Waals surface area contributed by atoms with Gasteiger partial charge < -0.3 is 4.57 Å². The second-order valence-electron chi connectivity index (χ2n) is 7.49. The lowest BCUT2D eigenvalue weighted by Gasteiger charge is -2.23. The van der Waals surface area contributed by atoms with Gasteiger partial charge in [-0.15, -0.1) is 0 Å².